The first-order chi connectivity index (χ1) is 8.81. The van der Waals surface area contributed by atoms with E-state index < -0.39 is 5.91 Å². The molecule has 0 unspecified atom stereocenters. The van der Waals surface area contributed by atoms with Gasteiger partial charge in [0.05, 0.1) is 5.69 Å². The molecule has 1 aromatic carbocycles. The summed E-state index contributed by atoms with van der Waals surface area (Å²) in [4.78, 5) is 24.9. The van der Waals surface area contributed by atoms with Crippen molar-refractivity contribution in [2.75, 3.05) is 5.06 Å². The second-order valence-electron chi connectivity index (χ2n) is 3.29. The van der Waals surface area contributed by atoms with Gasteiger partial charge >= 0.3 is 6.01 Å². The summed E-state index contributed by atoms with van der Waals surface area (Å²) in [5, 5.41) is 1.09. The Morgan fingerprint density at radius 1 is 1.17 bits per heavy atom. The van der Waals surface area contributed by atoms with Crippen molar-refractivity contribution in [3.63, 3.8) is 0 Å². The van der Waals surface area contributed by atoms with Gasteiger partial charge in [0, 0.05) is 12.4 Å². The van der Waals surface area contributed by atoms with Crippen molar-refractivity contribution in [1.82, 2.24) is 9.97 Å². The molecule has 0 saturated heterocycles. The molecule has 0 aliphatic heterocycles. The van der Waals surface area contributed by atoms with Crippen LogP contribution >= 0.6 is 0 Å². The summed E-state index contributed by atoms with van der Waals surface area (Å²) in [6, 6.07) is 10.7. The largest absolute Gasteiger partial charge is 0.343 e. The normalized spacial score (nSPS) is 9.56. The van der Waals surface area contributed by atoms with E-state index in [1.54, 1.807) is 30.3 Å². The predicted octanol–water partition coefficient (Wildman–Crippen LogP) is 1.99. The Morgan fingerprint density at radius 2 is 1.83 bits per heavy atom. The molecule has 0 fully saturated rings. The predicted molar refractivity (Wildman–Crippen MR) is 66.8 cm³/mol. The molecule has 0 spiro atoms. The maximum Gasteiger partial charge on any atom is 0.343 e. The Morgan fingerprint density at radius 3 is 2.44 bits per heavy atom. The number of carbonyl (C=O) groups excluding carboxylic acids is 1. The van der Waals surface area contributed by atoms with E-state index >= 15 is 0 Å². The summed E-state index contributed by atoms with van der Waals surface area (Å²) in [5.74, 6) is -0.395. The van der Waals surface area contributed by atoms with Crippen molar-refractivity contribution >= 4 is 11.6 Å². The number of rotatable bonds is 4. The average molecular weight is 241 g/mol. The lowest BCUT2D eigenvalue weighted by Crippen LogP contribution is -2.33. The fraction of sp³-hybridized carbons (Fsp3) is 0. The Kier molecular flexibility index (Phi) is 3.66. The third-order valence-electron chi connectivity index (χ3n) is 2.08. The molecule has 1 aromatic heterocycles. The quantitative estimate of drug-likeness (QED) is 0.606. The molecule has 90 valence electrons. The lowest BCUT2D eigenvalue weighted by atomic mass is 10.3. The number of nitrogens with zero attached hydrogens (tertiary/aromatic N) is 3. The van der Waals surface area contributed by atoms with Gasteiger partial charge in [-0.25, -0.2) is 9.97 Å². The number of amides is 1. The standard InChI is InChI=1S/C13H11N3O2/c1-2-12(17)16(11-7-4-3-5-8-11)18-13-14-9-6-10-15-13/h2-10H,1H2. The second-order valence-corrected chi connectivity index (χ2v) is 3.29. The smallest absolute Gasteiger partial charge is 0.330 e. The molecule has 2 aromatic rings. The third kappa shape index (κ3) is 2.70. The van der Waals surface area contributed by atoms with E-state index in [1.807, 2.05) is 6.07 Å². The molecule has 0 bridgehead atoms. The molecule has 0 aliphatic carbocycles. The van der Waals surface area contributed by atoms with Crippen molar-refractivity contribution < 1.29 is 9.63 Å². The van der Waals surface area contributed by atoms with Gasteiger partial charge in [-0.1, -0.05) is 24.8 Å². The minimum Gasteiger partial charge on any atom is -0.330 e. The van der Waals surface area contributed by atoms with Crippen LogP contribution in [0.4, 0.5) is 5.69 Å². The Balaban J connectivity index is 2.27. The summed E-state index contributed by atoms with van der Waals surface area (Å²) >= 11 is 0. The van der Waals surface area contributed by atoms with E-state index in [1.165, 1.54) is 12.4 Å². The van der Waals surface area contributed by atoms with Crippen LogP contribution in [0, 0.1) is 0 Å². The number of hydroxylamine groups is 1. The van der Waals surface area contributed by atoms with Gasteiger partial charge in [0.1, 0.15) is 0 Å². The van der Waals surface area contributed by atoms with Crippen LogP contribution in [0.15, 0.2) is 61.4 Å². The Bertz CT molecular complexity index is 528. The van der Waals surface area contributed by atoms with Crippen LogP contribution in [0.2, 0.25) is 0 Å². The highest BCUT2D eigenvalue weighted by Gasteiger charge is 2.16. The first kappa shape index (κ1) is 11.8. The average Bonchev–Trinajstić information content (AvgIpc) is 2.46. The van der Waals surface area contributed by atoms with E-state index in [9.17, 15) is 4.79 Å². The third-order valence-corrected chi connectivity index (χ3v) is 2.08. The van der Waals surface area contributed by atoms with Crippen molar-refractivity contribution in [3.8, 4) is 6.01 Å². The van der Waals surface area contributed by atoms with Crippen LogP contribution in [-0.4, -0.2) is 15.9 Å². The number of hydrogen-bond acceptors (Lipinski definition) is 4. The summed E-state index contributed by atoms with van der Waals surface area (Å²) in [7, 11) is 0. The van der Waals surface area contributed by atoms with Crippen LogP contribution in [0.25, 0.3) is 0 Å². The van der Waals surface area contributed by atoms with Crippen molar-refractivity contribution in [3.05, 3.63) is 61.4 Å². The van der Waals surface area contributed by atoms with Crippen LogP contribution in [0.1, 0.15) is 0 Å². The zero-order valence-corrected chi connectivity index (χ0v) is 9.56. The van der Waals surface area contributed by atoms with Crippen molar-refractivity contribution in [1.29, 1.82) is 0 Å². The number of benzene rings is 1. The Labute approximate surface area is 104 Å². The highest BCUT2D eigenvalue weighted by Crippen LogP contribution is 2.15. The fourth-order valence-corrected chi connectivity index (χ4v) is 1.29. The fourth-order valence-electron chi connectivity index (χ4n) is 1.29. The molecule has 0 saturated carbocycles. The molecule has 1 amide bonds. The van der Waals surface area contributed by atoms with E-state index in [-0.39, 0.29) is 6.01 Å². The van der Waals surface area contributed by atoms with Gasteiger partial charge in [0.15, 0.2) is 0 Å². The summed E-state index contributed by atoms with van der Waals surface area (Å²) < 4.78 is 0. The van der Waals surface area contributed by atoms with E-state index in [0.717, 1.165) is 11.1 Å². The van der Waals surface area contributed by atoms with Gasteiger partial charge in [-0.3, -0.25) is 4.79 Å². The molecule has 18 heavy (non-hydrogen) atoms. The topological polar surface area (TPSA) is 55.3 Å². The molecule has 0 N–H and O–H groups in total. The zero-order chi connectivity index (χ0) is 12.8. The van der Waals surface area contributed by atoms with Crippen molar-refractivity contribution in [2.45, 2.75) is 0 Å². The molecular weight excluding hydrogens is 230 g/mol. The first-order valence-electron chi connectivity index (χ1n) is 5.28. The number of aromatic nitrogens is 2. The Hall–Kier alpha value is -2.69. The van der Waals surface area contributed by atoms with E-state index in [4.69, 9.17) is 4.84 Å². The van der Waals surface area contributed by atoms with Crippen molar-refractivity contribution in [2.24, 2.45) is 0 Å². The molecule has 0 atom stereocenters. The van der Waals surface area contributed by atoms with Gasteiger partial charge in [-0.15, -0.1) is 5.06 Å². The maximum atomic E-state index is 11.7. The monoisotopic (exact) mass is 241 g/mol. The molecule has 2 rings (SSSR count). The molecule has 5 heteroatoms. The number of anilines is 1. The lowest BCUT2D eigenvalue weighted by Gasteiger charge is -2.19. The lowest BCUT2D eigenvalue weighted by molar-refractivity contribution is -0.118. The van der Waals surface area contributed by atoms with E-state index in [0.29, 0.717) is 5.69 Å². The van der Waals surface area contributed by atoms with Gasteiger partial charge < -0.3 is 4.84 Å². The minimum absolute atomic E-state index is 0.0940. The number of carbonyl (C=O) groups is 1. The maximum absolute atomic E-state index is 11.7. The van der Waals surface area contributed by atoms with Crippen LogP contribution in [0.3, 0.4) is 0 Å². The molecule has 5 nitrogen and oxygen atoms in total. The summed E-state index contributed by atoms with van der Waals surface area (Å²) in [6.45, 7) is 3.44. The molecule has 0 aliphatic rings. The second kappa shape index (κ2) is 5.58. The van der Waals surface area contributed by atoms with Gasteiger partial charge in [-0.05, 0) is 24.3 Å². The molecular formula is C13H11N3O2. The number of hydrogen-bond donors (Lipinski definition) is 0. The molecule has 0 radical (unpaired) electrons. The highest BCUT2D eigenvalue weighted by atomic mass is 16.7. The highest BCUT2D eigenvalue weighted by molar-refractivity contribution is 5.99. The van der Waals surface area contributed by atoms with Crippen LogP contribution in [-0.2, 0) is 4.79 Å². The zero-order valence-electron chi connectivity index (χ0n) is 9.56. The van der Waals surface area contributed by atoms with Gasteiger partial charge in [-0.2, -0.15) is 0 Å². The van der Waals surface area contributed by atoms with Gasteiger partial charge in [0.2, 0.25) is 0 Å². The molecule has 1 heterocycles. The number of para-hydroxylation sites is 1. The minimum atomic E-state index is -0.395. The summed E-state index contributed by atoms with van der Waals surface area (Å²) in [6.07, 6.45) is 4.23. The summed E-state index contributed by atoms with van der Waals surface area (Å²) in [5.41, 5.74) is 0.579. The van der Waals surface area contributed by atoms with Gasteiger partial charge in [0.25, 0.3) is 5.91 Å². The van der Waals surface area contributed by atoms with Crippen LogP contribution in [0.5, 0.6) is 6.01 Å². The first-order valence-corrected chi connectivity index (χ1v) is 5.28. The van der Waals surface area contributed by atoms with Crippen LogP contribution < -0.4 is 9.90 Å². The SMILES string of the molecule is C=CC(=O)N(Oc1ncccn1)c1ccccc1. The van der Waals surface area contributed by atoms with E-state index in [2.05, 4.69) is 16.5 Å².